The third-order valence-corrected chi connectivity index (χ3v) is 6.34. The number of nitrogens with zero attached hydrogens (tertiary/aromatic N) is 1. The molecule has 1 saturated heterocycles. The summed E-state index contributed by atoms with van der Waals surface area (Å²) in [6.07, 6.45) is -0.0890. The molecule has 5 rings (SSSR count). The molecule has 4 atom stereocenters. The predicted octanol–water partition coefficient (Wildman–Crippen LogP) is 2.18. The Kier molecular flexibility index (Phi) is 5.57. The van der Waals surface area contributed by atoms with Crippen LogP contribution in [-0.4, -0.2) is 56.8 Å². The number of amides is 1. The van der Waals surface area contributed by atoms with Gasteiger partial charge in [0.1, 0.15) is 18.0 Å². The average molecular weight is 440 g/mol. The molecule has 2 N–H and O–H groups in total. The lowest BCUT2D eigenvalue weighted by Crippen LogP contribution is -2.47. The summed E-state index contributed by atoms with van der Waals surface area (Å²) in [5, 5.41) is 12.9. The first-order valence-corrected chi connectivity index (χ1v) is 10.9. The minimum absolute atomic E-state index is 0.0856. The van der Waals surface area contributed by atoms with Crippen molar-refractivity contribution in [1.82, 2.24) is 5.32 Å². The third-order valence-electron chi connectivity index (χ3n) is 6.34. The largest absolute Gasteiger partial charge is 0.487 e. The van der Waals surface area contributed by atoms with Gasteiger partial charge < -0.3 is 34.3 Å². The summed E-state index contributed by atoms with van der Waals surface area (Å²) < 4.78 is 22.9. The fourth-order valence-corrected chi connectivity index (χ4v) is 4.69. The molecule has 1 fully saturated rings. The average Bonchev–Trinajstić information content (AvgIpc) is 3.40. The van der Waals surface area contributed by atoms with Crippen molar-refractivity contribution in [3.05, 3.63) is 47.5 Å². The predicted molar refractivity (Wildman–Crippen MR) is 117 cm³/mol. The second kappa shape index (κ2) is 8.52. The summed E-state index contributed by atoms with van der Waals surface area (Å²) in [6, 6.07) is 11.8. The van der Waals surface area contributed by atoms with Gasteiger partial charge in [0.2, 0.25) is 12.7 Å². The third kappa shape index (κ3) is 3.96. The molecule has 0 bridgehead atoms. The first-order valence-electron chi connectivity index (χ1n) is 10.9. The van der Waals surface area contributed by atoms with Gasteiger partial charge in [-0.3, -0.25) is 4.79 Å². The minimum atomic E-state index is -0.462. The van der Waals surface area contributed by atoms with E-state index in [1.165, 1.54) is 0 Å². The molecule has 0 radical (unpaired) electrons. The van der Waals surface area contributed by atoms with Gasteiger partial charge >= 0.3 is 0 Å². The SMILES string of the molecule is CN(C)c1ccc2c(c1)[C@H]1C[C@@H](CC(=O)NCc3ccc4c(c3)OCO4)O[C@@H](CO)[C@H]1O2. The molecule has 2 aromatic carbocycles. The van der Waals surface area contributed by atoms with Crippen LogP contribution in [0.25, 0.3) is 0 Å². The molecular weight excluding hydrogens is 412 g/mol. The molecule has 3 heterocycles. The molecular formula is C24H28N2O6. The molecule has 8 heteroatoms. The number of benzene rings is 2. The van der Waals surface area contributed by atoms with Crippen molar-refractivity contribution in [2.24, 2.45) is 0 Å². The first kappa shape index (κ1) is 20.9. The maximum atomic E-state index is 12.6. The maximum Gasteiger partial charge on any atom is 0.231 e. The molecule has 2 aromatic rings. The van der Waals surface area contributed by atoms with E-state index >= 15 is 0 Å². The first-order chi connectivity index (χ1) is 15.5. The lowest BCUT2D eigenvalue weighted by molar-refractivity contribution is -0.142. The van der Waals surface area contributed by atoms with Crippen molar-refractivity contribution in [3.63, 3.8) is 0 Å². The van der Waals surface area contributed by atoms with E-state index in [9.17, 15) is 9.90 Å². The lowest BCUT2D eigenvalue weighted by atomic mass is 9.84. The number of carbonyl (C=O) groups is 1. The van der Waals surface area contributed by atoms with Crippen LogP contribution in [0.4, 0.5) is 5.69 Å². The molecule has 3 aliphatic heterocycles. The van der Waals surface area contributed by atoms with Gasteiger partial charge in [0.15, 0.2) is 11.5 Å². The summed E-state index contributed by atoms with van der Waals surface area (Å²) in [4.78, 5) is 14.7. The lowest BCUT2D eigenvalue weighted by Gasteiger charge is -2.37. The number of ether oxygens (including phenoxy) is 4. The van der Waals surface area contributed by atoms with E-state index in [2.05, 4.69) is 16.3 Å². The van der Waals surface area contributed by atoms with E-state index in [1.807, 2.05) is 44.4 Å². The van der Waals surface area contributed by atoms with Crippen LogP contribution in [0.3, 0.4) is 0 Å². The van der Waals surface area contributed by atoms with E-state index in [0.717, 1.165) is 28.3 Å². The van der Waals surface area contributed by atoms with E-state index in [1.54, 1.807) is 0 Å². The van der Waals surface area contributed by atoms with Gasteiger partial charge in [0.05, 0.1) is 19.1 Å². The highest BCUT2D eigenvalue weighted by Gasteiger charge is 2.46. The number of anilines is 1. The minimum Gasteiger partial charge on any atom is -0.487 e. The van der Waals surface area contributed by atoms with Gasteiger partial charge in [-0.25, -0.2) is 0 Å². The summed E-state index contributed by atoms with van der Waals surface area (Å²) in [6.45, 7) is 0.474. The highest BCUT2D eigenvalue weighted by molar-refractivity contribution is 5.76. The van der Waals surface area contributed by atoms with Crippen LogP contribution in [0.15, 0.2) is 36.4 Å². The second-order valence-electron chi connectivity index (χ2n) is 8.69. The number of carbonyl (C=O) groups excluding carboxylic acids is 1. The molecule has 32 heavy (non-hydrogen) atoms. The van der Waals surface area contributed by atoms with Gasteiger partial charge in [0, 0.05) is 37.8 Å². The van der Waals surface area contributed by atoms with Gasteiger partial charge in [-0.15, -0.1) is 0 Å². The Labute approximate surface area is 187 Å². The fourth-order valence-electron chi connectivity index (χ4n) is 4.69. The van der Waals surface area contributed by atoms with Gasteiger partial charge in [-0.05, 0) is 42.3 Å². The van der Waals surface area contributed by atoms with Crippen molar-refractivity contribution in [2.45, 2.75) is 43.6 Å². The molecule has 3 aliphatic rings. The maximum absolute atomic E-state index is 12.6. The highest BCUT2D eigenvalue weighted by atomic mass is 16.7. The summed E-state index contributed by atoms with van der Waals surface area (Å²) in [5.74, 6) is 2.24. The Morgan fingerprint density at radius 1 is 1.12 bits per heavy atom. The van der Waals surface area contributed by atoms with Gasteiger partial charge in [-0.1, -0.05) is 6.07 Å². The number of nitrogens with one attached hydrogen (secondary N) is 1. The number of aliphatic hydroxyl groups is 1. The Morgan fingerprint density at radius 2 is 1.94 bits per heavy atom. The van der Waals surface area contributed by atoms with Crippen LogP contribution < -0.4 is 24.4 Å². The summed E-state index contributed by atoms with van der Waals surface area (Å²) >= 11 is 0. The molecule has 0 aromatic heterocycles. The number of rotatable bonds is 6. The Balaban J connectivity index is 1.23. The molecule has 0 spiro atoms. The monoisotopic (exact) mass is 440 g/mol. The van der Waals surface area contributed by atoms with Crippen molar-refractivity contribution in [2.75, 3.05) is 32.4 Å². The normalized spacial score (nSPS) is 25.0. The Morgan fingerprint density at radius 3 is 2.75 bits per heavy atom. The van der Waals surface area contributed by atoms with E-state index in [0.29, 0.717) is 18.7 Å². The van der Waals surface area contributed by atoms with Crippen LogP contribution in [0.1, 0.15) is 29.9 Å². The number of aliphatic hydroxyl groups excluding tert-OH is 1. The van der Waals surface area contributed by atoms with E-state index < -0.39 is 6.10 Å². The fraction of sp³-hybridized carbons (Fsp3) is 0.458. The van der Waals surface area contributed by atoms with Crippen molar-refractivity contribution in [1.29, 1.82) is 0 Å². The van der Waals surface area contributed by atoms with Crippen molar-refractivity contribution in [3.8, 4) is 17.2 Å². The molecule has 8 nitrogen and oxygen atoms in total. The van der Waals surface area contributed by atoms with Crippen LogP contribution in [0, 0.1) is 0 Å². The molecule has 0 saturated carbocycles. The number of hydrogen-bond donors (Lipinski definition) is 2. The van der Waals surface area contributed by atoms with Crippen molar-refractivity contribution < 1.29 is 28.8 Å². The quantitative estimate of drug-likeness (QED) is 0.712. The van der Waals surface area contributed by atoms with E-state index in [-0.39, 0.29) is 43.9 Å². The van der Waals surface area contributed by atoms with Crippen LogP contribution in [0.5, 0.6) is 17.2 Å². The molecule has 0 aliphatic carbocycles. The van der Waals surface area contributed by atoms with E-state index in [4.69, 9.17) is 18.9 Å². The molecule has 1 amide bonds. The highest BCUT2D eigenvalue weighted by Crippen LogP contribution is 2.47. The summed E-state index contributed by atoms with van der Waals surface area (Å²) in [7, 11) is 4.01. The Bertz CT molecular complexity index is 1010. The van der Waals surface area contributed by atoms with Crippen LogP contribution in [-0.2, 0) is 16.1 Å². The van der Waals surface area contributed by atoms with Gasteiger partial charge in [0.25, 0.3) is 0 Å². The second-order valence-corrected chi connectivity index (χ2v) is 8.69. The topological polar surface area (TPSA) is 89.5 Å². The zero-order valence-electron chi connectivity index (χ0n) is 18.2. The number of fused-ring (bicyclic) bond motifs is 4. The zero-order valence-corrected chi connectivity index (χ0v) is 18.2. The standard InChI is InChI=1S/C24H28N2O6/c1-26(2)15-4-6-19-17(8-15)18-9-16(31-22(12-27)24(18)32-19)10-23(28)25-11-14-3-5-20-21(7-14)30-13-29-20/h3-8,16,18,22,24,27H,9-13H2,1-2H3,(H,25,28)/t16-,18+,22-,24-/m0/s1. The zero-order chi connectivity index (χ0) is 22.2. The molecule has 0 unspecified atom stereocenters. The van der Waals surface area contributed by atoms with Gasteiger partial charge in [-0.2, -0.15) is 0 Å². The van der Waals surface area contributed by atoms with Crippen LogP contribution in [0.2, 0.25) is 0 Å². The molecule has 170 valence electrons. The summed E-state index contributed by atoms with van der Waals surface area (Å²) in [5.41, 5.74) is 3.15. The number of hydrogen-bond acceptors (Lipinski definition) is 7. The van der Waals surface area contributed by atoms with Crippen LogP contribution >= 0.6 is 0 Å². The Hall–Kier alpha value is -2.97. The van der Waals surface area contributed by atoms with Crippen molar-refractivity contribution >= 4 is 11.6 Å². The smallest absolute Gasteiger partial charge is 0.231 e.